The van der Waals surface area contributed by atoms with Gasteiger partial charge in [-0.25, -0.2) is 9.18 Å². The van der Waals surface area contributed by atoms with E-state index in [0.717, 1.165) is 5.56 Å². The van der Waals surface area contributed by atoms with Crippen molar-refractivity contribution in [2.75, 3.05) is 19.0 Å². The number of urea groups is 1. The quantitative estimate of drug-likeness (QED) is 0.767. The lowest BCUT2D eigenvalue weighted by Gasteiger charge is -2.14. The van der Waals surface area contributed by atoms with Crippen LogP contribution >= 0.6 is 0 Å². The summed E-state index contributed by atoms with van der Waals surface area (Å²) < 4.78 is 17.9. The summed E-state index contributed by atoms with van der Waals surface area (Å²) in [5, 5.41) is 15.3. The zero-order valence-corrected chi connectivity index (χ0v) is 12.8. The van der Waals surface area contributed by atoms with Crippen molar-refractivity contribution in [2.45, 2.75) is 12.7 Å². The second-order valence-corrected chi connectivity index (χ2v) is 4.99. The maximum Gasteiger partial charge on any atom is 0.319 e. The molecule has 5 nitrogen and oxygen atoms in total. The van der Waals surface area contributed by atoms with E-state index in [1.165, 1.54) is 24.3 Å². The Balaban J connectivity index is 1.89. The molecular formula is C17H19FN2O3. The van der Waals surface area contributed by atoms with Gasteiger partial charge >= 0.3 is 6.03 Å². The number of nitrogens with one attached hydrogen (secondary N) is 2. The number of aliphatic hydroxyl groups excluding tert-OH is 1. The molecule has 2 aromatic carbocycles. The number of carbonyl (C=O) groups is 1. The van der Waals surface area contributed by atoms with Crippen LogP contribution in [0.1, 0.15) is 17.2 Å². The molecule has 23 heavy (non-hydrogen) atoms. The highest BCUT2D eigenvalue weighted by molar-refractivity contribution is 5.90. The van der Waals surface area contributed by atoms with Crippen LogP contribution in [-0.2, 0) is 11.3 Å². The van der Waals surface area contributed by atoms with E-state index in [-0.39, 0.29) is 12.4 Å². The molecule has 0 aliphatic heterocycles. The lowest BCUT2D eigenvalue weighted by atomic mass is 10.1. The van der Waals surface area contributed by atoms with E-state index in [1.54, 1.807) is 13.2 Å². The number of benzene rings is 2. The van der Waals surface area contributed by atoms with Gasteiger partial charge in [-0.2, -0.15) is 0 Å². The van der Waals surface area contributed by atoms with Gasteiger partial charge in [0.1, 0.15) is 5.82 Å². The summed E-state index contributed by atoms with van der Waals surface area (Å²) in [6, 6.07) is 12.3. The Kier molecular flexibility index (Phi) is 6.08. The Morgan fingerprint density at radius 1 is 1.22 bits per heavy atom. The summed E-state index contributed by atoms with van der Waals surface area (Å²) in [5.74, 6) is -0.374. The molecule has 0 aliphatic carbocycles. The van der Waals surface area contributed by atoms with Gasteiger partial charge in [0.25, 0.3) is 0 Å². The van der Waals surface area contributed by atoms with Crippen molar-refractivity contribution in [3.63, 3.8) is 0 Å². The molecule has 0 saturated heterocycles. The van der Waals surface area contributed by atoms with Crippen LogP contribution < -0.4 is 10.6 Å². The number of para-hydroxylation sites is 1. The molecule has 0 aromatic heterocycles. The molecule has 0 heterocycles. The maximum atomic E-state index is 12.8. The van der Waals surface area contributed by atoms with Crippen molar-refractivity contribution in [3.8, 4) is 0 Å². The highest BCUT2D eigenvalue weighted by atomic mass is 19.1. The van der Waals surface area contributed by atoms with Crippen LogP contribution in [0, 0.1) is 5.82 Å². The number of methoxy groups -OCH3 is 1. The Hall–Kier alpha value is -2.44. The Bertz CT molecular complexity index is 647. The Labute approximate surface area is 134 Å². The highest BCUT2D eigenvalue weighted by Gasteiger charge is 2.11. The number of halogens is 1. The first-order valence-corrected chi connectivity index (χ1v) is 7.15. The number of rotatable bonds is 6. The standard InChI is InChI=1S/C17H19FN2O3/c1-23-11-13-4-2-3-5-15(13)20-17(22)19-10-16(21)12-6-8-14(18)9-7-12/h2-9,16,21H,10-11H2,1H3,(H2,19,20,22). The van der Waals surface area contributed by atoms with E-state index < -0.39 is 12.1 Å². The van der Waals surface area contributed by atoms with Gasteiger partial charge in [0.05, 0.1) is 12.7 Å². The molecule has 0 bridgehead atoms. The molecule has 1 unspecified atom stereocenters. The van der Waals surface area contributed by atoms with Crippen molar-refractivity contribution >= 4 is 11.7 Å². The second kappa shape index (κ2) is 8.26. The summed E-state index contributed by atoms with van der Waals surface area (Å²) in [6.45, 7) is 0.401. The average molecular weight is 318 g/mol. The van der Waals surface area contributed by atoms with E-state index >= 15 is 0 Å². The van der Waals surface area contributed by atoms with Crippen LogP contribution in [0.3, 0.4) is 0 Å². The fourth-order valence-electron chi connectivity index (χ4n) is 2.08. The number of anilines is 1. The van der Waals surface area contributed by atoms with E-state index in [4.69, 9.17) is 4.74 Å². The topological polar surface area (TPSA) is 70.6 Å². The smallest absolute Gasteiger partial charge is 0.319 e. The summed E-state index contributed by atoms with van der Waals surface area (Å²) >= 11 is 0. The first kappa shape index (κ1) is 16.9. The molecule has 0 radical (unpaired) electrons. The number of aliphatic hydroxyl groups is 1. The maximum absolute atomic E-state index is 12.8. The third-order valence-electron chi connectivity index (χ3n) is 3.28. The van der Waals surface area contributed by atoms with Gasteiger partial charge in [-0.3, -0.25) is 0 Å². The lowest BCUT2D eigenvalue weighted by molar-refractivity contribution is 0.175. The summed E-state index contributed by atoms with van der Waals surface area (Å²) in [4.78, 5) is 11.9. The molecule has 2 amide bonds. The number of ether oxygens (including phenoxy) is 1. The Morgan fingerprint density at radius 2 is 1.91 bits per heavy atom. The molecular weight excluding hydrogens is 299 g/mol. The molecule has 0 aliphatic rings. The highest BCUT2D eigenvalue weighted by Crippen LogP contribution is 2.16. The van der Waals surface area contributed by atoms with Gasteiger partial charge in [-0.05, 0) is 23.8 Å². The van der Waals surface area contributed by atoms with E-state index in [0.29, 0.717) is 17.9 Å². The van der Waals surface area contributed by atoms with Gasteiger partial charge in [-0.1, -0.05) is 30.3 Å². The molecule has 0 spiro atoms. The van der Waals surface area contributed by atoms with Crippen molar-refractivity contribution < 1.29 is 19.0 Å². The molecule has 0 fully saturated rings. The van der Waals surface area contributed by atoms with Crippen LogP contribution in [0.25, 0.3) is 0 Å². The molecule has 0 saturated carbocycles. The lowest BCUT2D eigenvalue weighted by Crippen LogP contribution is -2.32. The van der Waals surface area contributed by atoms with E-state index in [1.807, 2.05) is 18.2 Å². The third-order valence-corrected chi connectivity index (χ3v) is 3.28. The normalized spacial score (nSPS) is 11.8. The van der Waals surface area contributed by atoms with Crippen LogP contribution in [0.15, 0.2) is 48.5 Å². The summed E-state index contributed by atoms with van der Waals surface area (Å²) in [6.07, 6.45) is -0.907. The van der Waals surface area contributed by atoms with Crippen LogP contribution in [-0.4, -0.2) is 24.8 Å². The fourth-order valence-corrected chi connectivity index (χ4v) is 2.08. The zero-order chi connectivity index (χ0) is 16.7. The van der Waals surface area contributed by atoms with Crippen molar-refractivity contribution in [3.05, 3.63) is 65.5 Å². The monoisotopic (exact) mass is 318 g/mol. The van der Waals surface area contributed by atoms with Crippen LogP contribution in [0.4, 0.5) is 14.9 Å². The minimum absolute atomic E-state index is 0.0178. The molecule has 122 valence electrons. The second-order valence-electron chi connectivity index (χ2n) is 4.99. The molecule has 2 rings (SSSR count). The van der Waals surface area contributed by atoms with Crippen LogP contribution in [0.2, 0.25) is 0 Å². The third kappa shape index (κ3) is 5.05. The molecule has 1 atom stereocenters. The molecule has 3 N–H and O–H groups in total. The van der Waals surface area contributed by atoms with Gasteiger partial charge in [0.2, 0.25) is 0 Å². The largest absolute Gasteiger partial charge is 0.387 e. The van der Waals surface area contributed by atoms with E-state index in [2.05, 4.69) is 10.6 Å². The van der Waals surface area contributed by atoms with Gasteiger partial charge in [-0.15, -0.1) is 0 Å². The number of amides is 2. The van der Waals surface area contributed by atoms with Gasteiger partial charge in [0.15, 0.2) is 0 Å². The summed E-state index contributed by atoms with van der Waals surface area (Å²) in [5.41, 5.74) is 2.03. The number of hydrogen-bond acceptors (Lipinski definition) is 3. The number of carbonyl (C=O) groups excluding carboxylic acids is 1. The SMILES string of the molecule is COCc1ccccc1NC(=O)NCC(O)c1ccc(F)cc1. The predicted octanol–water partition coefficient (Wildman–Crippen LogP) is 2.83. The average Bonchev–Trinajstić information content (AvgIpc) is 2.55. The van der Waals surface area contributed by atoms with Crippen LogP contribution in [0.5, 0.6) is 0 Å². The van der Waals surface area contributed by atoms with Crippen molar-refractivity contribution in [1.82, 2.24) is 5.32 Å². The molecule has 2 aromatic rings. The van der Waals surface area contributed by atoms with E-state index in [9.17, 15) is 14.3 Å². The zero-order valence-electron chi connectivity index (χ0n) is 12.8. The molecule has 6 heteroatoms. The van der Waals surface area contributed by atoms with Gasteiger partial charge < -0.3 is 20.5 Å². The van der Waals surface area contributed by atoms with Gasteiger partial charge in [0, 0.05) is 24.9 Å². The number of hydrogen-bond donors (Lipinski definition) is 3. The first-order chi connectivity index (χ1) is 11.1. The van der Waals surface area contributed by atoms with Crippen molar-refractivity contribution in [2.24, 2.45) is 0 Å². The minimum atomic E-state index is -0.907. The minimum Gasteiger partial charge on any atom is -0.387 e. The fraction of sp³-hybridized carbons (Fsp3) is 0.235. The predicted molar refractivity (Wildman–Crippen MR) is 85.5 cm³/mol. The van der Waals surface area contributed by atoms with Crippen molar-refractivity contribution in [1.29, 1.82) is 0 Å². The first-order valence-electron chi connectivity index (χ1n) is 7.15. The Morgan fingerprint density at radius 3 is 2.61 bits per heavy atom. The summed E-state index contributed by atoms with van der Waals surface area (Å²) in [7, 11) is 1.58.